The molecule has 14 nitrogen and oxygen atoms in total. The van der Waals surface area contributed by atoms with Crippen LogP contribution in [0.5, 0.6) is 23.0 Å². The molecule has 0 spiro atoms. The normalized spacial score (nSPS) is 10.2. The monoisotopic (exact) mass is 758 g/mol. The van der Waals surface area contributed by atoms with Crippen LogP contribution in [0.3, 0.4) is 0 Å². The highest BCUT2D eigenvalue weighted by atomic mass is 35.5. The molecule has 0 saturated heterocycles. The fourth-order valence-corrected chi connectivity index (χ4v) is 4.19. The van der Waals surface area contributed by atoms with Crippen molar-refractivity contribution in [1.82, 2.24) is 0 Å². The van der Waals surface area contributed by atoms with Gasteiger partial charge in [-0.25, -0.2) is 28.8 Å². The molecule has 3 aromatic rings. The van der Waals surface area contributed by atoms with Gasteiger partial charge in [0.15, 0.2) is 11.5 Å². The van der Waals surface area contributed by atoms with Crippen LogP contribution >= 0.6 is 23.2 Å². The third-order valence-electron chi connectivity index (χ3n) is 6.31. The van der Waals surface area contributed by atoms with E-state index in [9.17, 15) is 28.8 Å². The van der Waals surface area contributed by atoms with Crippen molar-refractivity contribution in [3.8, 4) is 23.0 Å². The maximum absolute atomic E-state index is 12.7. The highest BCUT2D eigenvalue weighted by molar-refractivity contribution is 6.32. The van der Waals surface area contributed by atoms with E-state index >= 15 is 0 Å². The highest BCUT2D eigenvalue weighted by Gasteiger charge is 2.17. The summed E-state index contributed by atoms with van der Waals surface area (Å²) in [4.78, 5) is 71.2. The topological polar surface area (TPSA) is 176 Å². The molecule has 16 heteroatoms. The van der Waals surface area contributed by atoms with Crippen LogP contribution in [-0.4, -0.2) is 62.6 Å². The SMILES string of the molecule is C=CC(=O)OCCCCOC(=O)Oc1ccc(C(=O)Oc2ccc(OC(=O)c3ccc(OC(=O)OCCCCOC(=O)C=C)c(Cl)c3)cc2)cc1Cl. The van der Waals surface area contributed by atoms with Gasteiger partial charge in [-0.05, 0) is 86.3 Å². The van der Waals surface area contributed by atoms with Crippen molar-refractivity contribution in [3.63, 3.8) is 0 Å². The van der Waals surface area contributed by atoms with Gasteiger partial charge in [-0.1, -0.05) is 36.4 Å². The Hall–Kier alpha value is -5.86. The van der Waals surface area contributed by atoms with Crippen LogP contribution < -0.4 is 18.9 Å². The van der Waals surface area contributed by atoms with Crippen LogP contribution in [0.1, 0.15) is 46.4 Å². The molecule has 0 fully saturated rings. The number of benzene rings is 3. The average molecular weight is 760 g/mol. The number of hydrogen-bond donors (Lipinski definition) is 0. The van der Waals surface area contributed by atoms with Crippen molar-refractivity contribution in [3.05, 3.63) is 107 Å². The number of esters is 4. The molecule has 0 heterocycles. The van der Waals surface area contributed by atoms with Crippen LogP contribution in [0.4, 0.5) is 9.59 Å². The number of hydrogen-bond acceptors (Lipinski definition) is 14. The molecule has 0 aliphatic rings. The number of rotatable bonds is 18. The molecule has 274 valence electrons. The van der Waals surface area contributed by atoms with Gasteiger partial charge in [-0.15, -0.1) is 0 Å². The van der Waals surface area contributed by atoms with E-state index in [-0.39, 0.29) is 70.6 Å². The molecular formula is C36H32Cl2O14. The maximum Gasteiger partial charge on any atom is 0.513 e. The molecule has 0 aromatic heterocycles. The average Bonchev–Trinajstić information content (AvgIpc) is 3.13. The van der Waals surface area contributed by atoms with E-state index in [1.54, 1.807) is 0 Å². The van der Waals surface area contributed by atoms with Gasteiger partial charge in [-0.2, -0.15) is 0 Å². The fraction of sp³-hybridized carbons (Fsp3) is 0.222. The standard InChI is InChI=1S/C36H32Cl2O14/c1-3-31(39)45-17-5-7-19-47-35(43)51-29-15-9-23(21-27(29)37)33(41)49-25-11-13-26(14-12-25)50-34(42)24-10-16-30(28(38)22-24)52-36(44)48-20-8-6-18-46-32(40)4-2/h3-4,9-16,21-22H,1-2,5-8,17-20H2. The molecule has 0 aliphatic heterocycles. The quantitative estimate of drug-likeness (QED) is 0.0311. The smallest absolute Gasteiger partial charge is 0.463 e. The molecule has 0 atom stereocenters. The third kappa shape index (κ3) is 14.2. The predicted molar refractivity (Wildman–Crippen MR) is 184 cm³/mol. The molecule has 0 bridgehead atoms. The lowest BCUT2D eigenvalue weighted by Crippen LogP contribution is -2.13. The first-order valence-corrected chi connectivity index (χ1v) is 16.2. The Morgan fingerprint density at radius 1 is 0.500 bits per heavy atom. The lowest BCUT2D eigenvalue weighted by atomic mass is 10.2. The maximum atomic E-state index is 12.7. The molecule has 3 rings (SSSR count). The second kappa shape index (κ2) is 21.4. The zero-order valence-electron chi connectivity index (χ0n) is 27.5. The zero-order chi connectivity index (χ0) is 37.9. The van der Waals surface area contributed by atoms with Gasteiger partial charge >= 0.3 is 36.2 Å². The van der Waals surface area contributed by atoms with Crippen molar-refractivity contribution >= 4 is 59.4 Å². The summed E-state index contributed by atoms with van der Waals surface area (Å²) >= 11 is 12.3. The molecule has 0 radical (unpaired) electrons. The molecule has 52 heavy (non-hydrogen) atoms. The van der Waals surface area contributed by atoms with E-state index in [2.05, 4.69) is 13.2 Å². The lowest BCUT2D eigenvalue weighted by Gasteiger charge is -2.10. The third-order valence-corrected chi connectivity index (χ3v) is 6.90. The van der Waals surface area contributed by atoms with Gasteiger partial charge in [0.25, 0.3) is 0 Å². The minimum Gasteiger partial charge on any atom is -0.463 e. The number of unbranched alkanes of at least 4 members (excludes halogenated alkanes) is 2. The Morgan fingerprint density at radius 3 is 1.17 bits per heavy atom. The summed E-state index contributed by atoms with van der Waals surface area (Å²) in [6.45, 7) is 6.91. The largest absolute Gasteiger partial charge is 0.513 e. The number of ether oxygens (including phenoxy) is 8. The van der Waals surface area contributed by atoms with Crippen molar-refractivity contribution in [2.24, 2.45) is 0 Å². The molecule has 0 saturated carbocycles. The molecule has 3 aromatic carbocycles. The molecular weight excluding hydrogens is 727 g/mol. The van der Waals surface area contributed by atoms with Crippen molar-refractivity contribution < 1.29 is 66.7 Å². The molecule has 0 aliphatic carbocycles. The van der Waals surface area contributed by atoms with E-state index in [0.29, 0.717) is 25.7 Å². The first-order chi connectivity index (χ1) is 25.0. The molecule has 0 N–H and O–H groups in total. The van der Waals surface area contributed by atoms with Crippen LogP contribution in [0, 0.1) is 0 Å². The van der Waals surface area contributed by atoms with Gasteiger partial charge in [0.1, 0.15) is 11.5 Å². The minimum absolute atomic E-state index is 0.0175. The summed E-state index contributed by atoms with van der Waals surface area (Å²) in [5.74, 6) is -2.48. The minimum atomic E-state index is -1.01. The van der Waals surface area contributed by atoms with Gasteiger partial charge in [0, 0.05) is 12.2 Å². The Bertz CT molecular complexity index is 1640. The van der Waals surface area contributed by atoms with Crippen LogP contribution in [0.15, 0.2) is 86.0 Å². The van der Waals surface area contributed by atoms with Gasteiger partial charge in [0.05, 0.1) is 47.6 Å². The summed E-state index contributed by atoms with van der Waals surface area (Å²) in [6, 6.07) is 13.3. The summed E-state index contributed by atoms with van der Waals surface area (Å²) in [5.41, 5.74) is 0.105. The van der Waals surface area contributed by atoms with Crippen molar-refractivity contribution in [1.29, 1.82) is 0 Å². The number of halogens is 2. The van der Waals surface area contributed by atoms with Gasteiger partial charge < -0.3 is 37.9 Å². The zero-order valence-corrected chi connectivity index (χ0v) is 29.0. The Labute approximate surface area is 307 Å². The summed E-state index contributed by atoms with van der Waals surface area (Å²) < 4.78 is 40.4. The van der Waals surface area contributed by atoms with Gasteiger partial charge in [-0.3, -0.25) is 0 Å². The van der Waals surface area contributed by atoms with Crippen molar-refractivity contribution in [2.75, 3.05) is 26.4 Å². The first kappa shape index (κ1) is 40.6. The Kier molecular flexibility index (Phi) is 16.7. The number of carbonyl (C=O) groups is 6. The summed E-state index contributed by atoms with van der Waals surface area (Å²) in [5, 5.41) is -0.107. The Balaban J connectivity index is 1.42. The van der Waals surface area contributed by atoms with Crippen LogP contribution in [0.2, 0.25) is 10.0 Å². The number of carbonyl (C=O) groups excluding carboxylic acids is 6. The Morgan fingerprint density at radius 2 is 0.846 bits per heavy atom. The molecule has 0 amide bonds. The van der Waals surface area contributed by atoms with E-state index in [1.807, 2.05) is 0 Å². The first-order valence-electron chi connectivity index (χ1n) is 15.4. The van der Waals surface area contributed by atoms with E-state index in [1.165, 1.54) is 60.7 Å². The fourth-order valence-electron chi connectivity index (χ4n) is 3.75. The second-order valence-electron chi connectivity index (χ2n) is 10.1. The predicted octanol–water partition coefficient (Wildman–Crippen LogP) is 7.48. The summed E-state index contributed by atoms with van der Waals surface area (Å²) in [6.07, 6.45) is 1.84. The second-order valence-corrected chi connectivity index (χ2v) is 10.9. The van der Waals surface area contributed by atoms with Crippen LogP contribution in [-0.2, 0) is 28.5 Å². The van der Waals surface area contributed by atoms with Crippen LogP contribution in [0.25, 0.3) is 0 Å². The van der Waals surface area contributed by atoms with Crippen molar-refractivity contribution in [2.45, 2.75) is 25.7 Å². The van der Waals surface area contributed by atoms with Gasteiger partial charge in [0.2, 0.25) is 0 Å². The molecule has 0 unspecified atom stereocenters. The van der Waals surface area contributed by atoms with E-state index in [0.717, 1.165) is 12.2 Å². The lowest BCUT2D eigenvalue weighted by molar-refractivity contribution is -0.138. The highest BCUT2D eigenvalue weighted by Crippen LogP contribution is 2.28. The van der Waals surface area contributed by atoms with E-state index in [4.69, 9.17) is 61.1 Å². The van der Waals surface area contributed by atoms with E-state index < -0.39 is 36.2 Å². The summed E-state index contributed by atoms with van der Waals surface area (Å²) in [7, 11) is 0.